The minimum absolute atomic E-state index is 0.114. The van der Waals surface area contributed by atoms with Gasteiger partial charge in [-0.25, -0.2) is 13.8 Å². The van der Waals surface area contributed by atoms with Gasteiger partial charge in [0.25, 0.3) is 11.5 Å². The highest BCUT2D eigenvalue weighted by Gasteiger charge is 2.08. The second kappa shape index (κ2) is 4.97. The van der Waals surface area contributed by atoms with Crippen molar-refractivity contribution in [2.75, 3.05) is 0 Å². The molecule has 0 spiro atoms. The minimum atomic E-state index is -0.822. The molecule has 0 atom stereocenters. The highest BCUT2D eigenvalue weighted by Crippen LogP contribution is 2.10. The van der Waals surface area contributed by atoms with Crippen molar-refractivity contribution in [1.29, 1.82) is 0 Å². The Morgan fingerprint density at radius 3 is 2.63 bits per heavy atom. The Morgan fingerprint density at radius 1 is 1.32 bits per heavy atom. The summed E-state index contributed by atoms with van der Waals surface area (Å²) in [4.78, 5) is 26.1. The molecule has 2 N–H and O–H groups in total. The molecule has 2 rings (SSSR count). The fourth-order valence-corrected chi connectivity index (χ4v) is 1.51. The van der Waals surface area contributed by atoms with Crippen LogP contribution in [0.2, 0.25) is 0 Å². The number of amides is 1. The normalized spacial score (nSPS) is 10.4. The van der Waals surface area contributed by atoms with Crippen molar-refractivity contribution in [3.8, 4) is 0 Å². The lowest BCUT2D eigenvalue weighted by Crippen LogP contribution is -2.25. The molecule has 5 nitrogen and oxygen atoms in total. The van der Waals surface area contributed by atoms with E-state index in [1.165, 1.54) is 6.07 Å². The highest BCUT2D eigenvalue weighted by atomic mass is 19.1. The van der Waals surface area contributed by atoms with E-state index in [1.807, 2.05) is 0 Å². The van der Waals surface area contributed by atoms with Crippen molar-refractivity contribution in [2.45, 2.75) is 6.54 Å². The summed E-state index contributed by atoms with van der Waals surface area (Å²) in [5, 5.41) is 0. The summed E-state index contributed by atoms with van der Waals surface area (Å²) in [6, 6.07) is 4.02. The monoisotopic (exact) mass is 265 g/mol. The van der Waals surface area contributed by atoms with Crippen molar-refractivity contribution < 1.29 is 13.6 Å². The summed E-state index contributed by atoms with van der Waals surface area (Å²) in [7, 11) is 0. The Kier molecular flexibility index (Phi) is 3.37. The van der Waals surface area contributed by atoms with Gasteiger partial charge in [0.2, 0.25) is 0 Å². The van der Waals surface area contributed by atoms with E-state index in [4.69, 9.17) is 5.73 Å². The van der Waals surface area contributed by atoms with Crippen LogP contribution in [-0.4, -0.2) is 15.5 Å². The number of hydrogen-bond donors (Lipinski definition) is 1. The van der Waals surface area contributed by atoms with Gasteiger partial charge in [0, 0.05) is 17.7 Å². The quantitative estimate of drug-likeness (QED) is 0.885. The smallest absolute Gasteiger partial charge is 0.267 e. The van der Waals surface area contributed by atoms with Gasteiger partial charge in [0.1, 0.15) is 17.3 Å². The minimum Gasteiger partial charge on any atom is -0.364 e. The van der Waals surface area contributed by atoms with Gasteiger partial charge < -0.3 is 5.73 Å². The molecule has 0 saturated carbocycles. The van der Waals surface area contributed by atoms with E-state index in [-0.39, 0.29) is 17.8 Å². The average Bonchev–Trinajstić information content (AvgIpc) is 2.34. The van der Waals surface area contributed by atoms with E-state index in [0.717, 1.165) is 29.1 Å². The maximum Gasteiger partial charge on any atom is 0.267 e. The summed E-state index contributed by atoms with van der Waals surface area (Å²) in [5.41, 5.74) is 4.40. The van der Waals surface area contributed by atoms with Crippen LogP contribution in [0.5, 0.6) is 0 Å². The zero-order chi connectivity index (χ0) is 14.0. The summed E-state index contributed by atoms with van der Waals surface area (Å²) >= 11 is 0. The fourth-order valence-electron chi connectivity index (χ4n) is 1.51. The first kappa shape index (κ1) is 12.9. The molecule has 1 aromatic heterocycles. The van der Waals surface area contributed by atoms with Crippen LogP contribution in [0.15, 0.2) is 35.4 Å². The first-order valence-electron chi connectivity index (χ1n) is 5.27. The van der Waals surface area contributed by atoms with Gasteiger partial charge in [-0.2, -0.15) is 0 Å². The second-order valence-electron chi connectivity index (χ2n) is 3.84. The number of rotatable bonds is 3. The van der Waals surface area contributed by atoms with Crippen LogP contribution in [0, 0.1) is 11.6 Å². The van der Waals surface area contributed by atoms with Gasteiger partial charge in [-0.05, 0) is 6.07 Å². The molecule has 0 aliphatic heterocycles. The topological polar surface area (TPSA) is 78.0 Å². The number of halogens is 2. The van der Waals surface area contributed by atoms with Crippen LogP contribution < -0.4 is 11.3 Å². The molecule has 0 radical (unpaired) electrons. The standard InChI is InChI=1S/C12H9F2N3O2/c13-8-2-1-7(9(14)3-8)5-17-6-16-10(12(15)19)4-11(17)18/h1-4,6H,5H2,(H2,15,19). The lowest BCUT2D eigenvalue weighted by molar-refractivity contribution is 0.0995. The van der Waals surface area contributed by atoms with Crippen LogP contribution in [0.25, 0.3) is 0 Å². The Labute approximate surface area is 106 Å². The Hall–Kier alpha value is -2.57. The van der Waals surface area contributed by atoms with E-state index in [2.05, 4.69) is 4.98 Å². The molecular formula is C12H9F2N3O2. The van der Waals surface area contributed by atoms with Crippen molar-refractivity contribution in [2.24, 2.45) is 5.73 Å². The first-order chi connectivity index (χ1) is 8.97. The van der Waals surface area contributed by atoms with E-state index < -0.39 is 23.1 Å². The molecule has 1 aromatic carbocycles. The summed E-state index contributed by atoms with van der Waals surface area (Å²) in [6.07, 6.45) is 1.09. The van der Waals surface area contributed by atoms with Crippen molar-refractivity contribution >= 4 is 5.91 Å². The number of primary amides is 1. The third kappa shape index (κ3) is 2.82. The predicted molar refractivity (Wildman–Crippen MR) is 62.5 cm³/mol. The van der Waals surface area contributed by atoms with E-state index in [1.54, 1.807) is 0 Å². The molecule has 1 amide bonds. The number of carbonyl (C=O) groups is 1. The molecule has 0 unspecified atom stereocenters. The summed E-state index contributed by atoms with van der Waals surface area (Å²) < 4.78 is 27.2. The Morgan fingerprint density at radius 2 is 2.05 bits per heavy atom. The lowest BCUT2D eigenvalue weighted by atomic mass is 10.2. The molecular weight excluding hydrogens is 256 g/mol. The van der Waals surface area contributed by atoms with Gasteiger partial charge in [0.15, 0.2) is 0 Å². The van der Waals surface area contributed by atoms with Crippen LogP contribution in [0.3, 0.4) is 0 Å². The van der Waals surface area contributed by atoms with Gasteiger partial charge in [-0.1, -0.05) is 6.07 Å². The number of nitrogens with two attached hydrogens (primary N) is 1. The molecule has 0 saturated heterocycles. The van der Waals surface area contributed by atoms with Crippen molar-refractivity contribution in [1.82, 2.24) is 9.55 Å². The van der Waals surface area contributed by atoms with Crippen LogP contribution >= 0.6 is 0 Å². The maximum absolute atomic E-state index is 13.4. The number of nitrogens with zero attached hydrogens (tertiary/aromatic N) is 2. The van der Waals surface area contributed by atoms with E-state index >= 15 is 0 Å². The summed E-state index contributed by atoms with van der Waals surface area (Å²) in [5.74, 6) is -2.28. The third-order valence-electron chi connectivity index (χ3n) is 2.49. The van der Waals surface area contributed by atoms with Gasteiger partial charge in [-0.3, -0.25) is 14.2 Å². The molecule has 2 aromatic rings. The highest BCUT2D eigenvalue weighted by molar-refractivity contribution is 5.90. The molecule has 0 aliphatic carbocycles. The average molecular weight is 265 g/mol. The number of benzene rings is 1. The van der Waals surface area contributed by atoms with Gasteiger partial charge >= 0.3 is 0 Å². The zero-order valence-electron chi connectivity index (χ0n) is 9.64. The number of carbonyl (C=O) groups excluding carboxylic acids is 1. The molecule has 0 fully saturated rings. The molecule has 0 aliphatic rings. The van der Waals surface area contributed by atoms with Gasteiger partial charge in [-0.15, -0.1) is 0 Å². The molecule has 1 heterocycles. The van der Waals surface area contributed by atoms with Gasteiger partial charge in [0.05, 0.1) is 12.9 Å². The molecule has 0 bridgehead atoms. The van der Waals surface area contributed by atoms with Crippen LogP contribution in [0.4, 0.5) is 8.78 Å². The number of hydrogen-bond acceptors (Lipinski definition) is 3. The van der Waals surface area contributed by atoms with E-state index in [9.17, 15) is 18.4 Å². The van der Waals surface area contributed by atoms with Crippen LogP contribution in [-0.2, 0) is 6.54 Å². The summed E-state index contributed by atoms with van der Waals surface area (Å²) in [6.45, 7) is -0.114. The Balaban J connectivity index is 2.34. The van der Waals surface area contributed by atoms with Crippen molar-refractivity contribution in [3.63, 3.8) is 0 Å². The van der Waals surface area contributed by atoms with Crippen LogP contribution in [0.1, 0.15) is 16.1 Å². The van der Waals surface area contributed by atoms with Crippen molar-refractivity contribution in [3.05, 3.63) is 63.8 Å². The molecule has 7 heteroatoms. The third-order valence-corrected chi connectivity index (χ3v) is 2.49. The van der Waals surface area contributed by atoms with E-state index in [0.29, 0.717) is 0 Å². The zero-order valence-corrected chi connectivity index (χ0v) is 9.64. The molecule has 98 valence electrons. The maximum atomic E-state index is 13.4. The fraction of sp³-hybridized carbons (Fsp3) is 0.0833. The number of aromatic nitrogens is 2. The lowest BCUT2D eigenvalue weighted by Gasteiger charge is -2.06. The predicted octanol–water partition coefficient (Wildman–Crippen LogP) is 0.669. The molecule has 19 heavy (non-hydrogen) atoms. The SMILES string of the molecule is NC(=O)c1cc(=O)n(Cc2ccc(F)cc2F)cn1. The largest absolute Gasteiger partial charge is 0.364 e. The second-order valence-corrected chi connectivity index (χ2v) is 3.84. The first-order valence-corrected chi connectivity index (χ1v) is 5.27. The Bertz CT molecular complexity index is 698.